The highest BCUT2D eigenvalue weighted by Gasteiger charge is 2.71. The average Bonchev–Trinajstić information content (AvgIpc) is 3.16. The molecule has 4 aliphatic rings. The third-order valence-electron chi connectivity index (χ3n) is 5.13. The summed E-state index contributed by atoms with van der Waals surface area (Å²) in [6.07, 6.45) is 2.27. The van der Waals surface area contributed by atoms with E-state index in [1.807, 2.05) is 24.3 Å². The molecule has 4 aliphatic heterocycles. The third-order valence-corrected chi connectivity index (χ3v) is 5.13. The fourth-order valence-corrected chi connectivity index (χ4v) is 4.26. The van der Waals surface area contributed by atoms with Crippen LogP contribution < -0.4 is 10.0 Å². The summed E-state index contributed by atoms with van der Waals surface area (Å²) in [5, 5.41) is 11.5. The van der Waals surface area contributed by atoms with Crippen molar-refractivity contribution in [2.45, 2.75) is 24.5 Å². The molecule has 0 N–H and O–H groups in total. The number of hydrogen-bond acceptors (Lipinski definition) is 5. The molecule has 22 heavy (non-hydrogen) atoms. The lowest BCUT2D eigenvalue weighted by molar-refractivity contribution is -0.313. The molecule has 6 nitrogen and oxygen atoms in total. The van der Waals surface area contributed by atoms with Gasteiger partial charge in [-0.25, -0.2) is 0 Å². The van der Waals surface area contributed by atoms with E-state index in [0.29, 0.717) is 6.61 Å². The first-order chi connectivity index (χ1) is 10.6. The number of carbonyl (C=O) groups excluding carboxylic acids is 2. The fourth-order valence-electron chi connectivity index (χ4n) is 4.26. The zero-order valence-electron chi connectivity index (χ0n) is 11.5. The molecule has 2 bridgehead atoms. The summed E-state index contributed by atoms with van der Waals surface area (Å²) in [6.45, 7) is 0.372. The van der Waals surface area contributed by atoms with E-state index < -0.39 is 35.7 Å². The van der Waals surface area contributed by atoms with Gasteiger partial charge < -0.3 is 19.4 Å². The molecule has 5 rings (SSSR count). The topological polar surface area (TPSA) is 78.9 Å². The Kier molecular flexibility index (Phi) is 2.12. The van der Waals surface area contributed by atoms with Crippen molar-refractivity contribution in [1.82, 2.24) is 0 Å². The fraction of sp³-hybridized carbons (Fsp3) is 0.375. The first-order valence-corrected chi connectivity index (χ1v) is 7.24. The van der Waals surface area contributed by atoms with Crippen molar-refractivity contribution >= 4 is 17.6 Å². The second-order valence-electron chi connectivity index (χ2n) is 6.12. The van der Waals surface area contributed by atoms with Gasteiger partial charge in [0.15, 0.2) is 6.23 Å². The number of para-hydroxylation sites is 1. The van der Waals surface area contributed by atoms with Gasteiger partial charge in [-0.3, -0.25) is 9.69 Å². The molecule has 0 saturated carbocycles. The minimum atomic E-state index is -1.25. The van der Waals surface area contributed by atoms with E-state index in [1.165, 1.54) is 0 Å². The molecule has 6 heteroatoms. The molecule has 1 spiro atoms. The quantitative estimate of drug-likeness (QED) is 0.658. The van der Waals surface area contributed by atoms with Crippen LogP contribution in [-0.4, -0.2) is 29.8 Å². The number of carboxylic acids is 1. The highest BCUT2D eigenvalue weighted by molar-refractivity contribution is 6.03. The van der Waals surface area contributed by atoms with Crippen molar-refractivity contribution in [2.24, 2.45) is 11.8 Å². The Labute approximate surface area is 125 Å². The largest absolute Gasteiger partial charge is 0.550 e. The van der Waals surface area contributed by atoms with E-state index in [1.54, 1.807) is 17.1 Å². The van der Waals surface area contributed by atoms with Crippen molar-refractivity contribution in [1.29, 1.82) is 0 Å². The Morgan fingerprint density at radius 2 is 2.18 bits per heavy atom. The number of nitrogens with zero attached hydrogens (tertiary/aromatic N) is 1. The maximum atomic E-state index is 12.9. The molecule has 4 heterocycles. The summed E-state index contributed by atoms with van der Waals surface area (Å²) < 4.78 is 11.8. The van der Waals surface area contributed by atoms with Crippen molar-refractivity contribution in [3.63, 3.8) is 0 Å². The highest BCUT2D eigenvalue weighted by Crippen LogP contribution is 2.57. The van der Waals surface area contributed by atoms with Crippen LogP contribution in [0.3, 0.4) is 0 Å². The highest BCUT2D eigenvalue weighted by atomic mass is 16.6. The van der Waals surface area contributed by atoms with Crippen LogP contribution in [0.15, 0.2) is 36.4 Å². The second-order valence-corrected chi connectivity index (χ2v) is 6.12. The number of carbonyl (C=O) groups is 2. The van der Waals surface area contributed by atoms with Gasteiger partial charge in [-0.1, -0.05) is 24.3 Å². The minimum Gasteiger partial charge on any atom is -0.550 e. The van der Waals surface area contributed by atoms with Crippen molar-refractivity contribution in [3.8, 4) is 0 Å². The third kappa shape index (κ3) is 1.20. The molecule has 0 aromatic heterocycles. The Morgan fingerprint density at radius 3 is 3.00 bits per heavy atom. The van der Waals surface area contributed by atoms with Crippen LogP contribution in [0.2, 0.25) is 0 Å². The summed E-state index contributed by atoms with van der Waals surface area (Å²) >= 11 is 0. The normalized spacial score (nSPS) is 40.5. The van der Waals surface area contributed by atoms with E-state index in [4.69, 9.17) is 9.47 Å². The van der Waals surface area contributed by atoms with Crippen LogP contribution in [0.4, 0.5) is 5.69 Å². The summed E-state index contributed by atoms with van der Waals surface area (Å²) in [6, 6.07) is 7.48. The molecule has 0 radical (unpaired) electrons. The molecular weight excluding hydrogens is 286 g/mol. The van der Waals surface area contributed by atoms with E-state index >= 15 is 0 Å². The first kappa shape index (κ1) is 12.4. The Bertz CT molecular complexity index is 744. The number of ether oxygens (including phenoxy) is 2. The molecule has 112 valence electrons. The lowest BCUT2D eigenvalue weighted by Gasteiger charge is -2.37. The summed E-state index contributed by atoms with van der Waals surface area (Å²) in [7, 11) is 0. The van der Waals surface area contributed by atoms with Crippen LogP contribution >= 0.6 is 0 Å². The van der Waals surface area contributed by atoms with Gasteiger partial charge in [-0.05, 0) is 12.1 Å². The molecule has 1 aromatic carbocycles. The predicted octanol–water partition coefficient (Wildman–Crippen LogP) is -0.421. The van der Waals surface area contributed by atoms with Crippen LogP contribution in [0.25, 0.3) is 0 Å². The van der Waals surface area contributed by atoms with Gasteiger partial charge in [0.1, 0.15) is 5.60 Å². The lowest BCUT2D eigenvalue weighted by atomic mass is 9.76. The summed E-state index contributed by atoms with van der Waals surface area (Å²) in [4.78, 5) is 26.0. The van der Waals surface area contributed by atoms with Crippen molar-refractivity contribution < 1.29 is 24.2 Å². The molecular formula is C16H12NO5-. The van der Waals surface area contributed by atoms with Crippen LogP contribution in [0.1, 0.15) is 5.56 Å². The number of amides is 1. The van der Waals surface area contributed by atoms with Crippen LogP contribution in [0, 0.1) is 11.8 Å². The van der Waals surface area contributed by atoms with E-state index in [0.717, 1.165) is 11.3 Å². The van der Waals surface area contributed by atoms with Gasteiger partial charge in [0, 0.05) is 17.5 Å². The molecule has 2 fully saturated rings. The maximum Gasteiger partial charge on any atom is 0.236 e. The molecule has 0 aliphatic carbocycles. The minimum absolute atomic E-state index is 0.266. The average molecular weight is 298 g/mol. The van der Waals surface area contributed by atoms with E-state index in [-0.39, 0.29) is 5.91 Å². The number of hydrogen-bond donors (Lipinski definition) is 0. The predicted molar refractivity (Wildman–Crippen MR) is 71.2 cm³/mol. The smallest absolute Gasteiger partial charge is 0.236 e. The molecule has 1 amide bonds. The lowest BCUT2D eigenvalue weighted by Crippen LogP contribution is -2.49. The van der Waals surface area contributed by atoms with Gasteiger partial charge >= 0.3 is 0 Å². The molecule has 2 saturated heterocycles. The standard InChI is InChI=1S/C16H13NO5/c18-13-12-11(14(19)20)10-5-6-16(12,22-10)15-17(13)9-4-2-1-3-8(9)7-21-15/h1-6,10-12,15H,7H2,(H,19,20)/p-1/t10-,11+,12+,15+,16+/m1/s1. The molecule has 0 unspecified atom stereocenters. The van der Waals surface area contributed by atoms with E-state index in [9.17, 15) is 14.7 Å². The zero-order valence-corrected chi connectivity index (χ0v) is 11.5. The Hall–Kier alpha value is -2.18. The zero-order chi connectivity index (χ0) is 15.1. The summed E-state index contributed by atoms with van der Waals surface area (Å²) in [5.74, 6) is -3.26. The van der Waals surface area contributed by atoms with Crippen molar-refractivity contribution in [2.75, 3.05) is 4.90 Å². The Balaban J connectivity index is 1.69. The van der Waals surface area contributed by atoms with Gasteiger partial charge in [0.25, 0.3) is 0 Å². The summed E-state index contributed by atoms with van der Waals surface area (Å²) in [5.41, 5.74) is 0.664. The first-order valence-electron chi connectivity index (χ1n) is 7.24. The number of anilines is 1. The van der Waals surface area contributed by atoms with Crippen LogP contribution in [-0.2, 0) is 25.7 Å². The monoisotopic (exact) mass is 298 g/mol. The molecule has 1 aromatic rings. The van der Waals surface area contributed by atoms with Gasteiger partial charge in [-0.2, -0.15) is 0 Å². The maximum absolute atomic E-state index is 12.9. The van der Waals surface area contributed by atoms with Gasteiger partial charge in [0.2, 0.25) is 5.91 Å². The van der Waals surface area contributed by atoms with Gasteiger partial charge in [0.05, 0.1) is 24.3 Å². The number of benzene rings is 1. The van der Waals surface area contributed by atoms with Crippen LogP contribution in [0.5, 0.6) is 0 Å². The number of aliphatic carboxylic acids is 1. The number of rotatable bonds is 1. The van der Waals surface area contributed by atoms with Gasteiger partial charge in [-0.15, -0.1) is 0 Å². The molecule has 5 atom stereocenters. The second kappa shape index (κ2) is 3.77. The number of carboxylic acid groups (broad SMARTS) is 1. The number of fused-ring (bicyclic) bond motifs is 4. The Morgan fingerprint density at radius 1 is 1.36 bits per heavy atom. The SMILES string of the molecule is O=C([O-])[C@@H]1[C@H]2C(=O)N3c4ccccc4CO[C@H]3[C@]23C=C[C@H]1O3. The van der Waals surface area contributed by atoms with Crippen molar-refractivity contribution in [3.05, 3.63) is 42.0 Å². The van der Waals surface area contributed by atoms with E-state index in [2.05, 4.69) is 0 Å².